The van der Waals surface area contributed by atoms with Gasteiger partial charge in [-0.1, -0.05) is 11.3 Å². The van der Waals surface area contributed by atoms with Crippen LogP contribution in [0.4, 0.5) is 0 Å². The number of benzene rings is 2. The van der Waals surface area contributed by atoms with E-state index in [2.05, 4.69) is 4.99 Å². The lowest BCUT2D eigenvalue weighted by Crippen LogP contribution is -2.19. The minimum atomic E-state index is -3.33. The summed E-state index contributed by atoms with van der Waals surface area (Å²) < 4.78 is 37.0. The van der Waals surface area contributed by atoms with Crippen molar-refractivity contribution in [2.45, 2.75) is 18.4 Å². The van der Waals surface area contributed by atoms with E-state index in [1.165, 1.54) is 17.6 Å². The molecule has 3 aromatic rings. The van der Waals surface area contributed by atoms with Gasteiger partial charge in [-0.3, -0.25) is 4.79 Å². The summed E-state index contributed by atoms with van der Waals surface area (Å²) in [7, 11) is -1.77. The fourth-order valence-electron chi connectivity index (χ4n) is 2.77. The van der Waals surface area contributed by atoms with E-state index < -0.39 is 9.84 Å². The summed E-state index contributed by atoms with van der Waals surface area (Å²) in [4.78, 5) is 17.7. The molecule has 0 aliphatic heterocycles. The number of fused-ring (bicyclic) bond motifs is 1. The molecule has 7 nitrogen and oxygen atoms in total. The smallest absolute Gasteiger partial charge is 0.279 e. The van der Waals surface area contributed by atoms with Crippen LogP contribution in [-0.2, 0) is 21.1 Å². The van der Waals surface area contributed by atoms with Gasteiger partial charge in [0.25, 0.3) is 5.91 Å². The lowest BCUT2D eigenvalue weighted by atomic mass is 10.2. The zero-order valence-electron chi connectivity index (χ0n) is 16.4. The van der Waals surface area contributed by atoms with Gasteiger partial charge >= 0.3 is 0 Å². The van der Waals surface area contributed by atoms with Crippen molar-refractivity contribution >= 4 is 37.3 Å². The van der Waals surface area contributed by atoms with Crippen LogP contribution >= 0.6 is 11.3 Å². The number of ether oxygens (including phenoxy) is 2. The summed E-state index contributed by atoms with van der Waals surface area (Å²) in [6, 6.07) is 11.6. The molecule has 1 amide bonds. The number of hydrogen-bond acceptors (Lipinski definition) is 6. The Bertz CT molecular complexity index is 1190. The maximum absolute atomic E-state index is 12.7. The van der Waals surface area contributed by atoms with Crippen LogP contribution in [0.25, 0.3) is 10.2 Å². The summed E-state index contributed by atoms with van der Waals surface area (Å²) in [5.74, 6) is 0.274. The van der Waals surface area contributed by atoms with Gasteiger partial charge in [0.1, 0.15) is 5.75 Å². The molecule has 0 saturated heterocycles. The van der Waals surface area contributed by atoms with Gasteiger partial charge in [-0.25, -0.2) is 8.42 Å². The van der Waals surface area contributed by atoms with E-state index in [1.54, 1.807) is 49.6 Å². The molecule has 0 N–H and O–H groups in total. The molecule has 29 heavy (non-hydrogen) atoms. The topological polar surface area (TPSA) is 87.0 Å². The summed E-state index contributed by atoms with van der Waals surface area (Å²) >= 11 is 1.27. The number of methoxy groups -OCH3 is 1. The average Bonchev–Trinajstić information content (AvgIpc) is 3.04. The molecule has 0 aliphatic carbocycles. The molecule has 154 valence electrons. The third-order valence-electron chi connectivity index (χ3n) is 4.28. The Hall–Kier alpha value is -2.49. The largest absolute Gasteiger partial charge is 0.497 e. The molecule has 0 saturated carbocycles. The Balaban J connectivity index is 2.08. The van der Waals surface area contributed by atoms with Crippen molar-refractivity contribution in [1.29, 1.82) is 0 Å². The monoisotopic (exact) mass is 434 g/mol. The molecule has 1 heterocycles. The van der Waals surface area contributed by atoms with E-state index in [0.29, 0.717) is 35.9 Å². The number of carbonyl (C=O) groups is 1. The highest BCUT2D eigenvalue weighted by atomic mass is 32.2. The number of amides is 1. The number of carbonyl (C=O) groups excluding carboxylic acids is 1. The molecular formula is C20H22N2O5S2. The Kier molecular flexibility index (Phi) is 6.51. The van der Waals surface area contributed by atoms with Crippen molar-refractivity contribution in [3.05, 3.63) is 52.8 Å². The van der Waals surface area contributed by atoms with Gasteiger partial charge in [0.05, 0.1) is 28.8 Å². The van der Waals surface area contributed by atoms with Gasteiger partial charge in [0.2, 0.25) is 0 Å². The van der Waals surface area contributed by atoms with E-state index >= 15 is 0 Å². The van der Waals surface area contributed by atoms with Crippen LogP contribution in [-0.4, -0.2) is 45.5 Å². The minimum Gasteiger partial charge on any atom is -0.497 e. The normalized spacial score (nSPS) is 12.4. The van der Waals surface area contributed by atoms with E-state index in [1.807, 2.05) is 11.5 Å². The molecule has 0 spiro atoms. The standard InChI is InChI=1S/C20H22N2O5S2/c1-4-27-12-11-22-17-10-9-16(29(3,24)25)13-18(17)28-20(22)21-19(23)14-5-7-15(26-2)8-6-14/h5-10,13H,4,11-12H2,1-3H3. The number of hydrogen-bond donors (Lipinski definition) is 0. The van der Waals surface area contributed by atoms with Crippen LogP contribution in [0.15, 0.2) is 52.4 Å². The van der Waals surface area contributed by atoms with Crippen LogP contribution < -0.4 is 9.54 Å². The van der Waals surface area contributed by atoms with Crippen LogP contribution in [0.1, 0.15) is 17.3 Å². The van der Waals surface area contributed by atoms with Gasteiger partial charge in [-0.15, -0.1) is 0 Å². The molecular weight excluding hydrogens is 412 g/mol. The lowest BCUT2D eigenvalue weighted by Gasteiger charge is -2.06. The van der Waals surface area contributed by atoms with Crippen molar-refractivity contribution < 1.29 is 22.7 Å². The number of nitrogens with zero attached hydrogens (tertiary/aromatic N) is 2. The third-order valence-corrected chi connectivity index (χ3v) is 6.43. The second-order valence-electron chi connectivity index (χ2n) is 6.28. The third kappa shape index (κ3) is 4.92. The van der Waals surface area contributed by atoms with Crippen molar-refractivity contribution in [3.63, 3.8) is 0 Å². The first-order valence-corrected chi connectivity index (χ1v) is 11.7. The Labute approximate surface area is 173 Å². The molecule has 2 aromatic carbocycles. The zero-order valence-corrected chi connectivity index (χ0v) is 18.0. The second kappa shape index (κ2) is 8.89. The first-order valence-electron chi connectivity index (χ1n) is 8.97. The quantitative estimate of drug-likeness (QED) is 0.534. The first-order chi connectivity index (χ1) is 13.8. The molecule has 0 fully saturated rings. The Morgan fingerprint density at radius 2 is 1.90 bits per heavy atom. The summed E-state index contributed by atoms with van der Waals surface area (Å²) in [6.07, 6.45) is 1.17. The predicted octanol–water partition coefficient (Wildman–Crippen LogP) is 2.89. The highest BCUT2D eigenvalue weighted by Gasteiger charge is 2.13. The molecule has 1 aromatic heterocycles. The molecule has 0 unspecified atom stereocenters. The second-order valence-corrected chi connectivity index (χ2v) is 9.31. The van der Waals surface area contributed by atoms with E-state index in [9.17, 15) is 13.2 Å². The van der Waals surface area contributed by atoms with Crippen molar-refractivity contribution in [2.75, 3.05) is 26.6 Å². The highest BCUT2D eigenvalue weighted by molar-refractivity contribution is 7.90. The van der Waals surface area contributed by atoms with E-state index in [-0.39, 0.29) is 10.8 Å². The zero-order chi connectivity index (χ0) is 21.0. The number of sulfone groups is 1. The molecule has 9 heteroatoms. The lowest BCUT2D eigenvalue weighted by molar-refractivity contribution is 0.0996. The molecule has 0 radical (unpaired) electrons. The molecule has 3 rings (SSSR count). The predicted molar refractivity (Wildman–Crippen MR) is 112 cm³/mol. The Morgan fingerprint density at radius 3 is 2.52 bits per heavy atom. The first kappa shape index (κ1) is 21.2. The summed E-state index contributed by atoms with van der Waals surface area (Å²) in [5, 5.41) is 0. The summed E-state index contributed by atoms with van der Waals surface area (Å²) in [6.45, 7) is 3.45. The van der Waals surface area contributed by atoms with Crippen LogP contribution in [0.2, 0.25) is 0 Å². The fourth-order valence-corrected chi connectivity index (χ4v) is 4.59. The van der Waals surface area contributed by atoms with E-state index in [4.69, 9.17) is 9.47 Å². The SMILES string of the molecule is CCOCCn1c(=NC(=O)c2ccc(OC)cc2)sc2cc(S(C)(=O)=O)ccc21. The summed E-state index contributed by atoms with van der Waals surface area (Å²) in [5.41, 5.74) is 1.25. The molecule has 0 atom stereocenters. The minimum absolute atomic E-state index is 0.233. The highest BCUT2D eigenvalue weighted by Crippen LogP contribution is 2.22. The van der Waals surface area contributed by atoms with Crippen LogP contribution in [0, 0.1) is 0 Å². The molecule has 0 bridgehead atoms. The van der Waals surface area contributed by atoms with E-state index in [0.717, 1.165) is 10.2 Å². The number of rotatable bonds is 7. The van der Waals surface area contributed by atoms with Crippen LogP contribution in [0.5, 0.6) is 5.75 Å². The maximum atomic E-state index is 12.7. The van der Waals surface area contributed by atoms with Gasteiger partial charge in [-0.05, 0) is 49.4 Å². The van der Waals surface area contributed by atoms with Gasteiger partial charge in [0, 0.05) is 25.0 Å². The molecule has 0 aliphatic rings. The fraction of sp³-hybridized carbons (Fsp3) is 0.300. The van der Waals surface area contributed by atoms with Gasteiger partial charge in [-0.2, -0.15) is 4.99 Å². The van der Waals surface area contributed by atoms with Crippen molar-refractivity contribution in [3.8, 4) is 5.75 Å². The maximum Gasteiger partial charge on any atom is 0.279 e. The average molecular weight is 435 g/mol. The van der Waals surface area contributed by atoms with Crippen molar-refractivity contribution in [1.82, 2.24) is 4.57 Å². The van der Waals surface area contributed by atoms with Crippen molar-refractivity contribution in [2.24, 2.45) is 4.99 Å². The number of thiazole rings is 1. The van der Waals surface area contributed by atoms with Crippen LogP contribution in [0.3, 0.4) is 0 Å². The van der Waals surface area contributed by atoms with Gasteiger partial charge in [0.15, 0.2) is 14.6 Å². The van der Waals surface area contributed by atoms with Gasteiger partial charge < -0.3 is 14.0 Å². The number of aromatic nitrogens is 1. The Morgan fingerprint density at radius 1 is 1.17 bits per heavy atom.